The fourth-order valence-electron chi connectivity index (χ4n) is 2.84. The van der Waals surface area contributed by atoms with Crippen molar-refractivity contribution in [3.05, 3.63) is 0 Å². The van der Waals surface area contributed by atoms with Gasteiger partial charge in [0.15, 0.2) is 0 Å². The number of aliphatic carboxylic acids is 1. The van der Waals surface area contributed by atoms with E-state index in [0.717, 1.165) is 25.7 Å². The van der Waals surface area contributed by atoms with Gasteiger partial charge in [0.2, 0.25) is 0 Å². The first-order chi connectivity index (χ1) is 9.44. The molecular weight excluding hydrogens is 268 g/mol. The Morgan fingerprint density at radius 3 is 2.05 bits per heavy atom. The zero-order chi connectivity index (χ0) is 16.4. The lowest BCUT2D eigenvalue weighted by Gasteiger charge is -2.43. The summed E-state index contributed by atoms with van der Waals surface area (Å²) in [7, 11) is 1.80. The lowest BCUT2D eigenvalue weighted by Crippen LogP contribution is -2.55. The van der Waals surface area contributed by atoms with Crippen LogP contribution in [0.3, 0.4) is 0 Å². The highest BCUT2D eigenvalue weighted by atomic mass is 16.4. The second-order valence-electron chi connectivity index (χ2n) is 7.94. The monoisotopic (exact) mass is 298 g/mol. The molecule has 5 nitrogen and oxygen atoms in total. The highest BCUT2D eigenvalue weighted by molar-refractivity contribution is 5.81. The van der Waals surface area contributed by atoms with E-state index in [0.29, 0.717) is 5.41 Å². The van der Waals surface area contributed by atoms with Gasteiger partial charge in [-0.15, -0.1) is 0 Å². The molecule has 0 spiro atoms. The third kappa shape index (κ3) is 4.90. The van der Waals surface area contributed by atoms with Crippen LogP contribution in [-0.2, 0) is 4.79 Å². The number of hydrogen-bond donors (Lipinski definition) is 1. The molecule has 0 aliphatic heterocycles. The lowest BCUT2D eigenvalue weighted by atomic mass is 9.75. The zero-order valence-corrected chi connectivity index (χ0v) is 14.3. The van der Waals surface area contributed by atoms with Crippen LogP contribution in [-0.4, -0.2) is 52.1 Å². The van der Waals surface area contributed by atoms with E-state index in [1.807, 2.05) is 20.8 Å². The minimum Gasteiger partial charge on any atom is -0.480 e. The van der Waals surface area contributed by atoms with E-state index >= 15 is 0 Å². The number of carboxylic acid groups (broad SMARTS) is 1. The van der Waals surface area contributed by atoms with E-state index in [1.54, 1.807) is 11.9 Å². The number of carboxylic acids is 1. The predicted molar refractivity (Wildman–Crippen MR) is 83.3 cm³/mol. The van der Waals surface area contributed by atoms with Crippen molar-refractivity contribution in [2.45, 2.75) is 71.9 Å². The molecule has 21 heavy (non-hydrogen) atoms. The van der Waals surface area contributed by atoms with Crippen LogP contribution in [0.15, 0.2) is 0 Å². The van der Waals surface area contributed by atoms with Gasteiger partial charge in [0.05, 0.1) is 0 Å². The molecule has 0 aromatic heterocycles. The molecule has 0 radical (unpaired) electrons. The Morgan fingerprint density at radius 2 is 1.67 bits per heavy atom. The molecule has 1 fully saturated rings. The van der Waals surface area contributed by atoms with Gasteiger partial charge in [0, 0.05) is 18.6 Å². The van der Waals surface area contributed by atoms with Gasteiger partial charge in [0.25, 0.3) is 0 Å². The average molecular weight is 298 g/mol. The summed E-state index contributed by atoms with van der Waals surface area (Å²) in [4.78, 5) is 26.9. The van der Waals surface area contributed by atoms with Crippen molar-refractivity contribution >= 4 is 12.0 Å². The molecule has 1 N–H and O–H groups in total. The summed E-state index contributed by atoms with van der Waals surface area (Å²) >= 11 is 0. The molecule has 5 heteroatoms. The lowest BCUT2D eigenvalue weighted by molar-refractivity contribution is -0.138. The van der Waals surface area contributed by atoms with Gasteiger partial charge in [0.1, 0.15) is 6.54 Å². The molecule has 1 aliphatic rings. The van der Waals surface area contributed by atoms with E-state index < -0.39 is 11.5 Å². The molecule has 0 unspecified atom stereocenters. The third-order valence-electron chi connectivity index (χ3n) is 4.49. The first-order valence-corrected chi connectivity index (χ1v) is 7.70. The number of carbonyl (C=O) groups excluding carboxylic acids is 1. The maximum atomic E-state index is 12.7. The molecule has 122 valence electrons. The minimum atomic E-state index is -0.976. The summed E-state index contributed by atoms with van der Waals surface area (Å²) in [5.41, 5.74) is -0.150. The second-order valence-corrected chi connectivity index (χ2v) is 7.94. The van der Waals surface area contributed by atoms with Gasteiger partial charge < -0.3 is 14.9 Å². The molecule has 1 rings (SSSR count). The molecule has 1 saturated carbocycles. The molecule has 0 aromatic carbocycles. The number of urea groups is 1. The van der Waals surface area contributed by atoms with Gasteiger partial charge in [-0.2, -0.15) is 0 Å². The van der Waals surface area contributed by atoms with E-state index in [4.69, 9.17) is 5.11 Å². The standard InChI is InChI=1S/C16H30N2O3/c1-15(2,3)18(11-13(19)20)14(21)17(6)12-7-9-16(4,5)10-8-12/h12H,7-11H2,1-6H3,(H,19,20). The van der Waals surface area contributed by atoms with Crippen LogP contribution in [0.2, 0.25) is 0 Å². The van der Waals surface area contributed by atoms with Crippen molar-refractivity contribution in [2.24, 2.45) is 5.41 Å². The molecule has 0 atom stereocenters. The van der Waals surface area contributed by atoms with Crippen molar-refractivity contribution in [3.63, 3.8) is 0 Å². The molecule has 0 saturated heterocycles. The summed E-state index contributed by atoms with van der Waals surface area (Å²) in [6, 6.07) is 0.0266. The Hall–Kier alpha value is -1.26. The fourth-order valence-corrected chi connectivity index (χ4v) is 2.84. The van der Waals surface area contributed by atoms with Crippen LogP contribution >= 0.6 is 0 Å². The molecule has 1 aliphatic carbocycles. The second kappa shape index (κ2) is 6.24. The zero-order valence-electron chi connectivity index (χ0n) is 14.3. The molecular formula is C16H30N2O3. The summed E-state index contributed by atoms with van der Waals surface area (Å²) in [5, 5.41) is 9.04. The Labute approximate surface area is 128 Å². The normalized spacial score (nSPS) is 19.1. The van der Waals surface area contributed by atoms with Gasteiger partial charge in [-0.3, -0.25) is 4.79 Å². The topological polar surface area (TPSA) is 60.9 Å². The van der Waals surface area contributed by atoms with Gasteiger partial charge in [-0.05, 0) is 51.9 Å². The molecule has 0 aromatic rings. The first-order valence-electron chi connectivity index (χ1n) is 7.70. The molecule has 0 bridgehead atoms. The Bertz CT molecular complexity index is 389. The smallest absolute Gasteiger partial charge is 0.323 e. The average Bonchev–Trinajstić information content (AvgIpc) is 2.33. The quantitative estimate of drug-likeness (QED) is 0.870. The van der Waals surface area contributed by atoms with Crippen molar-refractivity contribution in [1.29, 1.82) is 0 Å². The van der Waals surface area contributed by atoms with Gasteiger partial charge >= 0.3 is 12.0 Å². The van der Waals surface area contributed by atoms with Crippen LogP contribution in [0.4, 0.5) is 4.79 Å². The summed E-state index contributed by atoms with van der Waals surface area (Å²) in [6.07, 6.45) is 4.17. The van der Waals surface area contributed by atoms with Crippen LogP contribution in [0.5, 0.6) is 0 Å². The highest BCUT2D eigenvalue weighted by Gasteiger charge is 2.35. The Morgan fingerprint density at radius 1 is 1.19 bits per heavy atom. The van der Waals surface area contributed by atoms with E-state index in [1.165, 1.54) is 4.90 Å². The maximum Gasteiger partial charge on any atom is 0.323 e. The Balaban J connectivity index is 2.77. The highest BCUT2D eigenvalue weighted by Crippen LogP contribution is 2.37. The van der Waals surface area contributed by atoms with Crippen molar-refractivity contribution in [1.82, 2.24) is 9.80 Å². The minimum absolute atomic E-state index is 0.186. The van der Waals surface area contributed by atoms with Crippen molar-refractivity contribution < 1.29 is 14.7 Å². The molecule has 0 heterocycles. The summed E-state index contributed by atoms with van der Waals surface area (Å²) in [6.45, 7) is 9.86. The largest absolute Gasteiger partial charge is 0.480 e. The van der Waals surface area contributed by atoms with E-state index in [9.17, 15) is 9.59 Å². The number of hydrogen-bond acceptors (Lipinski definition) is 2. The van der Waals surface area contributed by atoms with Crippen molar-refractivity contribution in [2.75, 3.05) is 13.6 Å². The number of amides is 2. The Kier molecular flexibility index (Phi) is 5.29. The van der Waals surface area contributed by atoms with E-state index in [-0.39, 0.29) is 18.6 Å². The van der Waals surface area contributed by atoms with Crippen LogP contribution in [0.1, 0.15) is 60.3 Å². The summed E-state index contributed by atoms with van der Waals surface area (Å²) < 4.78 is 0. The number of nitrogens with zero attached hydrogens (tertiary/aromatic N) is 2. The third-order valence-corrected chi connectivity index (χ3v) is 4.49. The summed E-state index contributed by atoms with van der Waals surface area (Å²) in [5.74, 6) is -0.976. The van der Waals surface area contributed by atoms with E-state index in [2.05, 4.69) is 13.8 Å². The van der Waals surface area contributed by atoms with Crippen LogP contribution < -0.4 is 0 Å². The maximum absolute atomic E-state index is 12.7. The van der Waals surface area contributed by atoms with Crippen LogP contribution in [0, 0.1) is 5.41 Å². The predicted octanol–water partition coefficient (Wildman–Crippen LogP) is 3.19. The number of rotatable bonds is 3. The van der Waals surface area contributed by atoms with Crippen LogP contribution in [0.25, 0.3) is 0 Å². The SMILES string of the molecule is CN(C(=O)N(CC(=O)O)C(C)(C)C)C1CCC(C)(C)CC1. The first kappa shape index (κ1) is 17.8. The fraction of sp³-hybridized carbons (Fsp3) is 0.875. The van der Waals surface area contributed by atoms with Crippen molar-refractivity contribution in [3.8, 4) is 0 Å². The molecule has 2 amide bonds. The van der Waals surface area contributed by atoms with Gasteiger partial charge in [-0.25, -0.2) is 4.79 Å². The number of carbonyl (C=O) groups is 2. The van der Waals surface area contributed by atoms with Gasteiger partial charge in [-0.1, -0.05) is 13.8 Å².